The molecule has 3 rings (SSSR count). The fourth-order valence-corrected chi connectivity index (χ4v) is 2.77. The van der Waals surface area contributed by atoms with Crippen molar-refractivity contribution in [1.29, 1.82) is 0 Å². The Bertz CT molecular complexity index is 775. The third-order valence-corrected chi connectivity index (χ3v) is 3.81. The van der Waals surface area contributed by atoms with Gasteiger partial charge in [-0.15, -0.1) is 11.6 Å². The van der Waals surface area contributed by atoms with E-state index in [1.807, 2.05) is 32.2 Å². The molecular formula is C16H18ClN3O. The van der Waals surface area contributed by atoms with Gasteiger partial charge in [0.15, 0.2) is 5.65 Å². The standard InChI is InChI=1S/C16H18ClN3O/c1-10-8-13-16(18-9-10)20(15(19-13)6-7-17)12(3)14-5-4-11(2)21-14/h4-5,8-9,12H,6-7H2,1-3H3. The minimum absolute atomic E-state index is 0.0390. The van der Waals surface area contributed by atoms with Gasteiger partial charge in [0, 0.05) is 18.5 Å². The summed E-state index contributed by atoms with van der Waals surface area (Å²) < 4.78 is 7.89. The number of nitrogens with zero attached hydrogens (tertiary/aromatic N) is 3. The molecule has 0 amide bonds. The van der Waals surface area contributed by atoms with Gasteiger partial charge in [-0.2, -0.15) is 0 Å². The number of halogens is 1. The van der Waals surface area contributed by atoms with Gasteiger partial charge in [0.05, 0.1) is 6.04 Å². The molecule has 1 atom stereocenters. The second-order valence-electron chi connectivity index (χ2n) is 5.32. The third-order valence-electron chi connectivity index (χ3n) is 3.62. The Balaban J connectivity index is 2.16. The van der Waals surface area contributed by atoms with Crippen LogP contribution in [0.5, 0.6) is 0 Å². The Labute approximate surface area is 128 Å². The molecule has 0 saturated heterocycles. The van der Waals surface area contributed by atoms with Crippen LogP contribution in [0.1, 0.15) is 35.9 Å². The van der Waals surface area contributed by atoms with E-state index in [2.05, 4.69) is 22.5 Å². The number of imidazole rings is 1. The molecule has 21 heavy (non-hydrogen) atoms. The Morgan fingerprint density at radius 1 is 1.33 bits per heavy atom. The minimum atomic E-state index is 0.0390. The van der Waals surface area contributed by atoms with Crippen molar-refractivity contribution < 1.29 is 4.42 Å². The molecule has 3 aromatic rings. The van der Waals surface area contributed by atoms with Crippen molar-refractivity contribution in [2.45, 2.75) is 33.2 Å². The van der Waals surface area contributed by atoms with Crippen molar-refractivity contribution in [3.8, 4) is 0 Å². The van der Waals surface area contributed by atoms with Gasteiger partial charge in [-0.3, -0.25) is 0 Å². The number of aromatic nitrogens is 3. The molecule has 0 fully saturated rings. The van der Waals surface area contributed by atoms with Crippen LogP contribution in [0.3, 0.4) is 0 Å². The molecule has 110 valence electrons. The lowest BCUT2D eigenvalue weighted by Crippen LogP contribution is -2.11. The lowest BCUT2D eigenvalue weighted by molar-refractivity contribution is 0.427. The van der Waals surface area contributed by atoms with Gasteiger partial charge < -0.3 is 8.98 Å². The van der Waals surface area contributed by atoms with Crippen molar-refractivity contribution in [2.75, 3.05) is 5.88 Å². The first-order valence-corrected chi connectivity index (χ1v) is 7.59. The van der Waals surface area contributed by atoms with E-state index in [0.717, 1.165) is 34.1 Å². The maximum Gasteiger partial charge on any atom is 0.160 e. The summed E-state index contributed by atoms with van der Waals surface area (Å²) in [6.07, 6.45) is 2.58. The van der Waals surface area contributed by atoms with Gasteiger partial charge in [-0.05, 0) is 44.5 Å². The van der Waals surface area contributed by atoms with Gasteiger partial charge >= 0.3 is 0 Å². The number of hydrogen-bond donors (Lipinski definition) is 0. The summed E-state index contributed by atoms with van der Waals surface area (Å²) in [7, 11) is 0. The second kappa shape index (κ2) is 5.53. The zero-order valence-corrected chi connectivity index (χ0v) is 13.2. The molecule has 0 aliphatic heterocycles. The molecule has 0 aliphatic carbocycles. The van der Waals surface area contributed by atoms with E-state index in [4.69, 9.17) is 21.0 Å². The molecule has 3 aromatic heterocycles. The van der Waals surface area contributed by atoms with Gasteiger partial charge in [-0.25, -0.2) is 9.97 Å². The first kappa shape index (κ1) is 14.1. The molecule has 0 aliphatic rings. The Hall–Kier alpha value is -1.81. The summed E-state index contributed by atoms with van der Waals surface area (Å²) in [4.78, 5) is 9.24. The molecule has 0 saturated carbocycles. The highest BCUT2D eigenvalue weighted by Gasteiger charge is 2.20. The first-order valence-electron chi connectivity index (χ1n) is 7.06. The lowest BCUT2D eigenvalue weighted by Gasteiger charge is -2.14. The van der Waals surface area contributed by atoms with Crippen LogP contribution in [-0.2, 0) is 6.42 Å². The Kier molecular flexibility index (Phi) is 3.72. The van der Waals surface area contributed by atoms with E-state index >= 15 is 0 Å². The topological polar surface area (TPSA) is 43.9 Å². The smallest absolute Gasteiger partial charge is 0.160 e. The Morgan fingerprint density at radius 2 is 2.14 bits per heavy atom. The fourth-order valence-electron chi connectivity index (χ4n) is 2.60. The highest BCUT2D eigenvalue weighted by Crippen LogP contribution is 2.27. The normalized spacial score (nSPS) is 13.0. The number of alkyl halides is 1. The van der Waals surface area contributed by atoms with Crippen LogP contribution in [-0.4, -0.2) is 20.4 Å². The highest BCUT2D eigenvalue weighted by atomic mass is 35.5. The molecular weight excluding hydrogens is 286 g/mol. The number of hydrogen-bond acceptors (Lipinski definition) is 3. The van der Waals surface area contributed by atoms with E-state index < -0.39 is 0 Å². The van der Waals surface area contributed by atoms with Crippen molar-refractivity contribution in [2.24, 2.45) is 0 Å². The molecule has 0 bridgehead atoms. The molecule has 5 heteroatoms. The summed E-state index contributed by atoms with van der Waals surface area (Å²) in [5, 5.41) is 0. The zero-order chi connectivity index (χ0) is 15.0. The van der Waals surface area contributed by atoms with Crippen LogP contribution < -0.4 is 0 Å². The maximum atomic E-state index is 5.92. The summed E-state index contributed by atoms with van der Waals surface area (Å²) in [5.41, 5.74) is 2.89. The molecule has 0 spiro atoms. The van der Waals surface area contributed by atoms with Crippen molar-refractivity contribution in [3.63, 3.8) is 0 Å². The zero-order valence-electron chi connectivity index (χ0n) is 12.4. The number of aryl methyl sites for hydroxylation is 3. The van der Waals surface area contributed by atoms with Crippen molar-refractivity contribution in [1.82, 2.24) is 14.5 Å². The second-order valence-corrected chi connectivity index (χ2v) is 5.69. The summed E-state index contributed by atoms with van der Waals surface area (Å²) in [6, 6.07) is 6.07. The predicted molar refractivity (Wildman–Crippen MR) is 83.9 cm³/mol. The van der Waals surface area contributed by atoms with Crippen LogP contribution in [0.4, 0.5) is 0 Å². The number of furan rings is 1. The third kappa shape index (κ3) is 2.56. The summed E-state index contributed by atoms with van der Waals surface area (Å²) in [5.74, 6) is 3.29. The van der Waals surface area contributed by atoms with Crippen LogP contribution in [0.15, 0.2) is 28.8 Å². The summed E-state index contributed by atoms with van der Waals surface area (Å²) in [6.45, 7) is 6.06. The molecule has 4 nitrogen and oxygen atoms in total. The monoisotopic (exact) mass is 303 g/mol. The van der Waals surface area contributed by atoms with Crippen LogP contribution in [0, 0.1) is 13.8 Å². The van der Waals surface area contributed by atoms with Crippen LogP contribution in [0.2, 0.25) is 0 Å². The number of rotatable bonds is 4. The largest absolute Gasteiger partial charge is 0.464 e. The maximum absolute atomic E-state index is 5.92. The van der Waals surface area contributed by atoms with Gasteiger partial charge in [0.25, 0.3) is 0 Å². The predicted octanol–water partition coefficient (Wildman–Crippen LogP) is 4.03. The average Bonchev–Trinajstić information content (AvgIpc) is 3.01. The molecule has 1 unspecified atom stereocenters. The number of pyridine rings is 1. The van der Waals surface area contributed by atoms with Crippen molar-refractivity contribution >= 4 is 22.8 Å². The summed E-state index contributed by atoms with van der Waals surface area (Å²) >= 11 is 5.92. The van der Waals surface area contributed by atoms with Crippen LogP contribution in [0.25, 0.3) is 11.2 Å². The van der Waals surface area contributed by atoms with E-state index in [1.165, 1.54) is 0 Å². The van der Waals surface area contributed by atoms with Gasteiger partial charge in [0.1, 0.15) is 22.9 Å². The van der Waals surface area contributed by atoms with E-state index in [1.54, 1.807) is 0 Å². The van der Waals surface area contributed by atoms with Crippen LogP contribution >= 0.6 is 11.6 Å². The minimum Gasteiger partial charge on any atom is -0.464 e. The van der Waals surface area contributed by atoms with Gasteiger partial charge in [0.2, 0.25) is 0 Å². The van der Waals surface area contributed by atoms with Crippen molar-refractivity contribution in [3.05, 3.63) is 47.3 Å². The first-order chi connectivity index (χ1) is 10.1. The molecule has 3 heterocycles. The van der Waals surface area contributed by atoms with E-state index in [-0.39, 0.29) is 6.04 Å². The lowest BCUT2D eigenvalue weighted by atomic mass is 10.2. The van der Waals surface area contributed by atoms with Gasteiger partial charge in [-0.1, -0.05) is 0 Å². The van der Waals surface area contributed by atoms with E-state index in [9.17, 15) is 0 Å². The average molecular weight is 304 g/mol. The highest BCUT2D eigenvalue weighted by molar-refractivity contribution is 6.17. The van der Waals surface area contributed by atoms with E-state index in [0.29, 0.717) is 12.3 Å². The fraction of sp³-hybridized carbons (Fsp3) is 0.375. The number of fused-ring (bicyclic) bond motifs is 1. The molecule has 0 radical (unpaired) electrons. The Morgan fingerprint density at radius 3 is 2.81 bits per heavy atom. The molecule has 0 N–H and O–H groups in total. The SMILES string of the molecule is Cc1cnc2c(c1)nc(CCCl)n2C(C)c1ccc(C)o1. The molecule has 0 aromatic carbocycles. The quantitative estimate of drug-likeness (QED) is 0.683.